The standard InChI is InChI=1S/C44H33N3O/c1-30(31-12-4-2-5-13-31)32-22-24-37(25-23-32)47-41-20-11-19-38(43(41)46-44(47)39-18-8-9-21-42(39)48)35-16-10-17-36(28-35)40-29-34(26-27-45-40)33-14-6-3-7-15-33/h2-30,48H,1H3. The van der Waals surface area contributed by atoms with Gasteiger partial charge in [-0.25, -0.2) is 4.98 Å². The van der Waals surface area contributed by atoms with Crippen molar-refractivity contribution in [3.8, 4) is 56.3 Å². The maximum absolute atomic E-state index is 11.0. The second kappa shape index (κ2) is 12.5. The van der Waals surface area contributed by atoms with Crippen molar-refractivity contribution >= 4 is 11.0 Å². The van der Waals surface area contributed by atoms with Crippen molar-refractivity contribution < 1.29 is 5.11 Å². The molecular formula is C44H33N3O. The molecule has 0 amide bonds. The van der Waals surface area contributed by atoms with Crippen LogP contribution in [0.4, 0.5) is 0 Å². The van der Waals surface area contributed by atoms with Crippen molar-refractivity contribution in [2.24, 2.45) is 0 Å². The lowest BCUT2D eigenvalue weighted by Gasteiger charge is -2.15. The molecule has 0 bridgehead atoms. The fourth-order valence-corrected chi connectivity index (χ4v) is 6.53. The maximum Gasteiger partial charge on any atom is 0.149 e. The van der Waals surface area contributed by atoms with Gasteiger partial charge in [-0.15, -0.1) is 0 Å². The van der Waals surface area contributed by atoms with E-state index in [4.69, 9.17) is 9.97 Å². The lowest BCUT2D eigenvalue weighted by molar-refractivity contribution is 0.477. The van der Waals surface area contributed by atoms with E-state index in [-0.39, 0.29) is 11.7 Å². The van der Waals surface area contributed by atoms with Gasteiger partial charge in [0.1, 0.15) is 11.6 Å². The summed E-state index contributed by atoms with van der Waals surface area (Å²) in [5.74, 6) is 1.14. The number of aromatic nitrogens is 3. The van der Waals surface area contributed by atoms with Gasteiger partial charge >= 0.3 is 0 Å². The highest BCUT2D eigenvalue weighted by atomic mass is 16.3. The molecule has 1 unspecified atom stereocenters. The van der Waals surface area contributed by atoms with Gasteiger partial charge in [-0.3, -0.25) is 9.55 Å². The van der Waals surface area contributed by atoms with Gasteiger partial charge in [-0.2, -0.15) is 0 Å². The fraction of sp³-hybridized carbons (Fsp3) is 0.0455. The molecule has 0 saturated carbocycles. The van der Waals surface area contributed by atoms with Crippen LogP contribution in [0.1, 0.15) is 24.0 Å². The zero-order chi connectivity index (χ0) is 32.5. The average Bonchev–Trinajstić information content (AvgIpc) is 3.55. The van der Waals surface area contributed by atoms with Crippen LogP contribution < -0.4 is 0 Å². The predicted molar refractivity (Wildman–Crippen MR) is 196 cm³/mol. The van der Waals surface area contributed by atoms with Gasteiger partial charge in [0.05, 0.1) is 22.3 Å². The van der Waals surface area contributed by atoms with Crippen LogP contribution in [0.3, 0.4) is 0 Å². The van der Waals surface area contributed by atoms with Crippen LogP contribution in [0, 0.1) is 0 Å². The molecule has 4 nitrogen and oxygen atoms in total. The summed E-state index contributed by atoms with van der Waals surface area (Å²) in [6, 6.07) is 56.0. The van der Waals surface area contributed by atoms with E-state index >= 15 is 0 Å². The first-order chi connectivity index (χ1) is 23.6. The van der Waals surface area contributed by atoms with Gasteiger partial charge in [0, 0.05) is 28.9 Å². The summed E-state index contributed by atoms with van der Waals surface area (Å²) in [5, 5.41) is 11.0. The Morgan fingerprint density at radius 3 is 1.98 bits per heavy atom. The molecule has 6 aromatic carbocycles. The molecule has 4 heteroatoms. The van der Waals surface area contributed by atoms with E-state index in [0.29, 0.717) is 11.4 Å². The zero-order valence-electron chi connectivity index (χ0n) is 26.5. The third-order valence-corrected chi connectivity index (χ3v) is 9.12. The number of hydrogen-bond donors (Lipinski definition) is 1. The minimum absolute atomic E-state index is 0.191. The molecule has 230 valence electrons. The Morgan fingerprint density at radius 1 is 0.542 bits per heavy atom. The predicted octanol–water partition coefficient (Wildman–Crippen LogP) is 10.9. The third-order valence-electron chi connectivity index (χ3n) is 9.12. The molecule has 0 aliphatic heterocycles. The van der Waals surface area contributed by atoms with Crippen molar-refractivity contribution in [3.63, 3.8) is 0 Å². The van der Waals surface area contributed by atoms with E-state index in [9.17, 15) is 5.11 Å². The summed E-state index contributed by atoms with van der Waals surface area (Å²) >= 11 is 0. The molecule has 1 N–H and O–H groups in total. The number of rotatable bonds is 7. The van der Waals surface area contributed by atoms with Gasteiger partial charge in [-0.1, -0.05) is 122 Å². The van der Waals surface area contributed by atoms with E-state index in [1.807, 2.05) is 36.5 Å². The first kappa shape index (κ1) is 29.2. The molecule has 8 aromatic rings. The van der Waals surface area contributed by atoms with Crippen molar-refractivity contribution in [2.45, 2.75) is 12.8 Å². The third kappa shape index (κ3) is 5.44. The van der Waals surface area contributed by atoms with E-state index in [1.54, 1.807) is 6.07 Å². The number of phenols is 1. The van der Waals surface area contributed by atoms with Gasteiger partial charge < -0.3 is 5.11 Å². The smallest absolute Gasteiger partial charge is 0.149 e. The van der Waals surface area contributed by atoms with E-state index < -0.39 is 0 Å². The molecular weight excluding hydrogens is 587 g/mol. The van der Waals surface area contributed by atoms with Gasteiger partial charge in [0.25, 0.3) is 0 Å². The largest absolute Gasteiger partial charge is 0.507 e. The number of phenolic OH excluding ortho intramolecular Hbond substituents is 1. The molecule has 0 aliphatic rings. The molecule has 2 heterocycles. The van der Waals surface area contributed by atoms with Crippen LogP contribution in [0.5, 0.6) is 5.75 Å². The number of imidazole rings is 1. The Balaban J connectivity index is 1.25. The number of fused-ring (bicyclic) bond motifs is 1. The highest BCUT2D eigenvalue weighted by molar-refractivity contribution is 5.96. The van der Waals surface area contributed by atoms with Gasteiger partial charge in [0.15, 0.2) is 0 Å². The highest BCUT2D eigenvalue weighted by Gasteiger charge is 2.20. The first-order valence-corrected chi connectivity index (χ1v) is 16.2. The van der Waals surface area contributed by atoms with E-state index in [2.05, 4.69) is 139 Å². The molecule has 0 spiro atoms. The number of para-hydroxylation sites is 2. The van der Waals surface area contributed by atoms with Crippen LogP contribution in [-0.2, 0) is 0 Å². The van der Waals surface area contributed by atoms with Crippen molar-refractivity contribution in [3.05, 3.63) is 181 Å². The molecule has 0 radical (unpaired) electrons. The molecule has 2 aromatic heterocycles. The average molecular weight is 620 g/mol. The second-order valence-corrected chi connectivity index (χ2v) is 12.1. The number of benzene rings is 6. The summed E-state index contributed by atoms with van der Waals surface area (Å²) in [4.78, 5) is 9.98. The minimum Gasteiger partial charge on any atom is -0.507 e. The van der Waals surface area contributed by atoms with Gasteiger partial charge in [-0.05, 0) is 76.3 Å². The van der Waals surface area contributed by atoms with Crippen LogP contribution >= 0.6 is 0 Å². The molecule has 0 saturated heterocycles. The summed E-state index contributed by atoms with van der Waals surface area (Å²) < 4.78 is 2.15. The second-order valence-electron chi connectivity index (χ2n) is 12.1. The van der Waals surface area contributed by atoms with E-state index in [0.717, 1.165) is 50.2 Å². The summed E-state index contributed by atoms with van der Waals surface area (Å²) in [7, 11) is 0. The summed E-state index contributed by atoms with van der Waals surface area (Å²) in [6.45, 7) is 2.23. The number of pyridine rings is 1. The quantitative estimate of drug-likeness (QED) is 0.193. The molecule has 48 heavy (non-hydrogen) atoms. The van der Waals surface area contributed by atoms with Crippen LogP contribution in [0.2, 0.25) is 0 Å². The number of aromatic hydroxyl groups is 1. The van der Waals surface area contributed by atoms with Crippen LogP contribution in [0.25, 0.3) is 61.6 Å². The van der Waals surface area contributed by atoms with Crippen molar-refractivity contribution in [1.29, 1.82) is 0 Å². The van der Waals surface area contributed by atoms with Gasteiger partial charge in [0.2, 0.25) is 0 Å². The zero-order valence-corrected chi connectivity index (χ0v) is 26.5. The molecule has 8 rings (SSSR count). The molecule has 0 fully saturated rings. The topological polar surface area (TPSA) is 50.9 Å². The van der Waals surface area contributed by atoms with Crippen LogP contribution in [0.15, 0.2) is 170 Å². The lowest BCUT2D eigenvalue weighted by Crippen LogP contribution is -2.00. The highest BCUT2D eigenvalue weighted by Crippen LogP contribution is 2.38. The number of nitrogens with zero attached hydrogens (tertiary/aromatic N) is 3. The minimum atomic E-state index is 0.191. The van der Waals surface area contributed by atoms with E-state index in [1.165, 1.54) is 11.1 Å². The van der Waals surface area contributed by atoms with Crippen molar-refractivity contribution in [2.75, 3.05) is 0 Å². The normalized spacial score (nSPS) is 11.9. The Kier molecular flexibility index (Phi) is 7.60. The Morgan fingerprint density at radius 2 is 1.19 bits per heavy atom. The first-order valence-electron chi connectivity index (χ1n) is 16.2. The summed E-state index contributed by atoms with van der Waals surface area (Å²) in [6.07, 6.45) is 1.87. The number of hydrogen-bond acceptors (Lipinski definition) is 3. The lowest BCUT2D eigenvalue weighted by atomic mass is 9.93. The maximum atomic E-state index is 11.0. The fourth-order valence-electron chi connectivity index (χ4n) is 6.53. The van der Waals surface area contributed by atoms with Crippen molar-refractivity contribution in [1.82, 2.24) is 14.5 Å². The Bertz CT molecular complexity index is 2360. The molecule has 1 atom stereocenters. The SMILES string of the molecule is CC(c1ccccc1)c1ccc(-n2c(-c3ccccc3O)nc3c(-c4cccc(-c5cc(-c6ccccc6)ccn5)c4)cccc32)cc1. The molecule has 0 aliphatic carbocycles. The Hall–Kier alpha value is -6.26. The summed E-state index contributed by atoms with van der Waals surface area (Å²) in [5.41, 5.74) is 12.3. The Labute approximate surface area is 280 Å². The van der Waals surface area contributed by atoms with Crippen LogP contribution in [-0.4, -0.2) is 19.6 Å². The monoisotopic (exact) mass is 619 g/mol.